The van der Waals surface area contributed by atoms with Crippen molar-refractivity contribution in [2.24, 2.45) is 7.05 Å². The molecule has 1 aromatic carbocycles. The van der Waals surface area contributed by atoms with E-state index in [1.54, 1.807) is 6.20 Å². The highest BCUT2D eigenvalue weighted by Crippen LogP contribution is 2.38. The summed E-state index contributed by atoms with van der Waals surface area (Å²) in [6, 6.07) is 7.64. The number of benzene rings is 1. The molecule has 3 aromatic rings. The molecule has 1 aliphatic heterocycles. The van der Waals surface area contributed by atoms with Crippen LogP contribution in [0.15, 0.2) is 36.7 Å². The minimum Gasteiger partial charge on any atom is -0.337 e. The summed E-state index contributed by atoms with van der Waals surface area (Å²) in [6.45, 7) is 2.55. The average molecular weight is 356 g/mol. The molecule has 1 N–H and O–H groups in total. The summed E-state index contributed by atoms with van der Waals surface area (Å²) >= 11 is 5.96. The highest BCUT2D eigenvalue weighted by Gasteiger charge is 2.34. The van der Waals surface area contributed by atoms with Crippen LogP contribution in [0.5, 0.6) is 0 Å². The van der Waals surface area contributed by atoms with E-state index < -0.39 is 0 Å². The number of nitrogens with one attached hydrogen (secondary N) is 1. The number of rotatable bonds is 3. The third-order valence-corrected chi connectivity index (χ3v) is 4.84. The fourth-order valence-corrected chi connectivity index (χ4v) is 3.55. The van der Waals surface area contributed by atoms with Gasteiger partial charge in [-0.05, 0) is 24.6 Å². The molecule has 1 amide bonds. The maximum Gasteiger partial charge on any atom is 0.226 e. The van der Waals surface area contributed by atoms with Crippen LogP contribution < -0.4 is 5.32 Å². The van der Waals surface area contributed by atoms with Crippen molar-refractivity contribution in [1.29, 1.82) is 0 Å². The zero-order valence-corrected chi connectivity index (χ0v) is 14.8. The van der Waals surface area contributed by atoms with Crippen LogP contribution in [-0.4, -0.2) is 25.2 Å². The second-order valence-electron chi connectivity index (χ2n) is 6.33. The summed E-state index contributed by atoms with van der Waals surface area (Å²) in [5.74, 6) is 1.54. The Bertz CT molecular complexity index is 941. The largest absolute Gasteiger partial charge is 0.337 e. The van der Waals surface area contributed by atoms with Gasteiger partial charge in [-0.25, -0.2) is 9.67 Å². The molecule has 0 saturated carbocycles. The molecule has 0 fully saturated rings. The molecule has 0 bridgehead atoms. The second kappa shape index (κ2) is 6.04. The number of anilines is 1. The first-order valence-corrected chi connectivity index (χ1v) is 8.49. The number of carbonyl (C=O) groups excluding carboxylic acids is 1. The van der Waals surface area contributed by atoms with Crippen molar-refractivity contribution in [2.75, 3.05) is 5.32 Å². The van der Waals surface area contributed by atoms with Crippen molar-refractivity contribution in [2.45, 2.75) is 25.8 Å². The van der Waals surface area contributed by atoms with Gasteiger partial charge in [0, 0.05) is 36.4 Å². The number of fused-ring (bicyclic) bond motifs is 1. The molecule has 128 valence electrons. The van der Waals surface area contributed by atoms with Gasteiger partial charge in [0.2, 0.25) is 5.91 Å². The SMILES string of the molecule is Cc1nn(Cc2ccc(Cl)cc2)c2c1C(c1nccn1C)CC(=O)N2. The van der Waals surface area contributed by atoms with E-state index in [2.05, 4.69) is 15.4 Å². The first kappa shape index (κ1) is 15.9. The van der Waals surface area contributed by atoms with E-state index >= 15 is 0 Å². The molecule has 6 nitrogen and oxygen atoms in total. The zero-order valence-electron chi connectivity index (χ0n) is 14.0. The van der Waals surface area contributed by atoms with E-state index in [0.29, 0.717) is 18.0 Å². The number of nitrogens with zero attached hydrogens (tertiary/aromatic N) is 4. The number of carbonyl (C=O) groups is 1. The van der Waals surface area contributed by atoms with Crippen LogP contribution in [0, 0.1) is 6.92 Å². The number of hydrogen-bond acceptors (Lipinski definition) is 3. The van der Waals surface area contributed by atoms with Gasteiger partial charge in [-0.15, -0.1) is 0 Å². The highest BCUT2D eigenvalue weighted by atomic mass is 35.5. The Labute approximate surface area is 150 Å². The standard InChI is InChI=1S/C18H18ClN5O/c1-11-16-14(17-20-7-8-23(17)2)9-15(25)21-18(16)24(22-11)10-12-3-5-13(19)6-4-12/h3-8,14H,9-10H2,1-2H3,(H,21,25). The van der Waals surface area contributed by atoms with Crippen LogP contribution in [0.2, 0.25) is 5.02 Å². The fourth-order valence-electron chi connectivity index (χ4n) is 3.43. The van der Waals surface area contributed by atoms with E-state index in [0.717, 1.165) is 28.5 Å². The number of aryl methyl sites for hydroxylation is 2. The number of hydrogen-bond donors (Lipinski definition) is 1. The molecule has 0 spiro atoms. The summed E-state index contributed by atoms with van der Waals surface area (Å²) in [6.07, 6.45) is 4.04. The van der Waals surface area contributed by atoms with Gasteiger partial charge in [0.1, 0.15) is 11.6 Å². The molecule has 0 saturated heterocycles. The number of aromatic nitrogens is 4. The van der Waals surface area contributed by atoms with Gasteiger partial charge in [0.05, 0.1) is 18.2 Å². The summed E-state index contributed by atoms with van der Waals surface area (Å²) in [5, 5.41) is 8.36. The van der Waals surface area contributed by atoms with Crippen molar-refractivity contribution in [3.05, 3.63) is 64.3 Å². The van der Waals surface area contributed by atoms with E-state index in [1.165, 1.54) is 0 Å². The molecule has 4 rings (SSSR count). The van der Waals surface area contributed by atoms with Crippen LogP contribution in [-0.2, 0) is 18.4 Å². The monoisotopic (exact) mass is 355 g/mol. The van der Waals surface area contributed by atoms with Crippen LogP contribution in [0.25, 0.3) is 0 Å². The molecule has 7 heteroatoms. The zero-order chi connectivity index (χ0) is 17.6. The topological polar surface area (TPSA) is 64.7 Å². The molecule has 0 aliphatic carbocycles. The lowest BCUT2D eigenvalue weighted by Crippen LogP contribution is -2.26. The summed E-state index contributed by atoms with van der Waals surface area (Å²) in [4.78, 5) is 16.7. The molecule has 1 aliphatic rings. The van der Waals surface area contributed by atoms with E-state index in [4.69, 9.17) is 11.6 Å². The predicted octanol–water partition coefficient (Wildman–Crippen LogP) is 3.10. The Hall–Kier alpha value is -2.60. The molecule has 3 heterocycles. The van der Waals surface area contributed by atoms with E-state index in [9.17, 15) is 4.79 Å². The molecule has 25 heavy (non-hydrogen) atoms. The minimum atomic E-state index is -0.0808. The Kier molecular flexibility index (Phi) is 3.84. The Morgan fingerprint density at radius 3 is 2.76 bits per heavy atom. The van der Waals surface area contributed by atoms with Crippen LogP contribution in [0.1, 0.15) is 35.0 Å². The molecule has 2 aromatic heterocycles. The Balaban J connectivity index is 1.76. The maximum absolute atomic E-state index is 12.3. The van der Waals surface area contributed by atoms with Gasteiger partial charge in [-0.1, -0.05) is 23.7 Å². The molecule has 1 unspecified atom stereocenters. The third-order valence-electron chi connectivity index (χ3n) is 4.59. The van der Waals surface area contributed by atoms with Crippen molar-refractivity contribution in [3.8, 4) is 0 Å². The number of amides is 1. The Morgan fingerprint density at radius 2 is 2.08 bits per heavy atom. The van der Waals surface area contributed by atoms with Crippen LogP contribution in [0.4, 0.5) is 5.82 Å². The minimum absolute atomic E-state index is 0.0160. The highest BCUT2D eigenvalue weighted by molar-refractivity contribution is 6.30. The van der Waals surface area contributed by atoms with E-state index in [1.807, 2.05) is 53.7 Å². The lowest BCUT2D eigenvalue weighted by atomic mass is 9.91. The lowest BCUT2D eigenvalue weighted by Gasteiger charge is -2.23. The van der Waals surface area contributed by atoms with Crippen LogP contribution >= 0.6 is 11.6 Å². The number of halogens is 1. The maximum atomic E-state index is 12.3. The van der Waals surface area contributed by atoms with Crippen molar-refractivity contribution < 1.29 is 4.79 Å². The molecule has 0 radical (unpaired) electrons. The smallest absolute Gasteiger partial charge is 0.226 e. The van der Waals surface area contributed by atoms with Crippen LogP contribution in [0.3, 0.4) is 0 Å². The van der Waals surface area contributed by atoms with Gasteiger partial charge in [-0.2, -0.15) is 5.10 Å². The molecule has 1 atom stereocenters. The fraction of sp³-hybridized carbons (Fsp3) is 0.278. The normalized spacial score (nSPS) is 16.6. The average Bonchev–Trinajstić information content (AvgIpc) is 3.13. The third kappa shape index (κ3) is 2.82. The second-order valence-corrected chi connectivity index (χ2v) is 6.77. The lowest BCUT2D eigenvalue weighted by molar-refractivity contribution is -0.116. The van der Waals surface area contributed by atoms with Gasteiger partial charge >= 0.3 is 0 Å². The van der Waals surface area contributed by atoms with Gasteiger partial charge in [0.15, 0.2) is 0 Å². The predicted molar refractivity (Wildman–Crippen MR) is 95.8 cm³/mol. The summed E-state index contributed by atoms with van der Waals surface area (Å²) in [5.41, 5.74) is 3.03. The van der Waals surface area contributed by atoms with Gasteiger partial charge < -0.3 is 9.88 Å². The summed E-state index contributed by atoms with van der Waals surface area (Å²) < 4.78 is 3.81. The first-order valence-electron chi connectivity index (χ1n) is 8.11. The number of imidazole rings is 1. The van der Waals surface area contributed by atoms with Crippen molar-refractivity contribution in [1.82, 2.24) is 19.3 Å². The van der Waals surface area contributed by atoms with E-state index in [-0.39, 0.29) is 11.8 Å². The van der Waals surface area contributed by atoms with Gasteiger partial charge in [0.25, 0.3) is 0 Å². The first-order chi connectivity index (χ1) is 12.0. The Morgan fingerprint density at radius 1 is 1.32 bits per heavy atom. The quantitative estimate of drug-likeness (QED) is 0.785. The summed E-state index contributed by atoms with van der Waals surface area (Å²) in [7, 11) is 1.95. The molecular weight excluding hydrogens is 338 g/mol. The van der Waals surface area contributed by atoms with Crippen molar-refractivity contribution in [3.63, 3.8) is 0 Å². The van der Waals surface area contributed by atoms with Gasteiger partial charge in [-0.3, -0.25) is 4.79 Å². The van der Waals surface area contributed by atoms with Crippen molar-refractivity contribution >= 4 is 23.3 Å². The molecular formula is C18H18ClN5O.